The summed E-state index contributed by atoms with van der Waals surface area (Å²) in [6.45, 7) is 10.2. The van der Waals surface area contributed by atoms with Crippen LogP contribution in [0.2, 0.25) is 0 Å². The number of anilines is 1. The second-order valence-corrected chi connectivity index (χ2v) is 7.89. The topological polar surface area (TPSA) is 45.2 Å². The zero-order valence-electron chi connectivity index (χ0n) is 18.5. The maximum atomic E-state index is 10.3. The van der Waals surface area contributed by atoms with Gasteiger partial charge >= 0.3 is 0 Å². The largest absolute Gasteiger partial charge is 0.491 e. The Hall–Kier alpha value is -1.50. The van der Waals surface area contributed by atoms with Gasteiger partial charge in [-0.25, -0.2) is 0 Å². The van der Waals surface area contributed by atoms with Crippen molar-refractivity contribution < 1.29 is 14.6 Å². The van der Waals surface area contributed by atoms with Crippen LogP contribution in [-0.4, -0.2) is 68.7 Å². The molecule has 174 valence electrons. The zero-order chi connectivity index (χ0) is 20.5. The van der Waals surface area contributed by atoms with E-state index in [-0.39, 0.29) is 24.8 Å². The van der Waals surface area contributed by atoms with Crippen molar-refractivity contribution in [2.45, 2.75) is 25.9 Å². The third-order valence-electron chi connectivity index (χ3n) is 5.30. The molecule has 3 rings (SSSR count). The van der Waals surface area contributed by atoms with Gasteiger partial charge in [0.15, 0.2) is 0 Å². The van der Waals surface area contributed by atoms with E-state index >= 15 is 0 Å². The molecule has 0 spiro atoms. The van der Waals surface area contributed by atoms with Crippen LogP contribution < -0.4 is 9.64 Å². The lowest BCUT2D eigenvalue weighted by molar-refractivity contribution is 0.00709. The first-order chi connectivity index (χ1) is 14.1. The van der Waals surface area contributed by atoms with E-state index in [1.54, 1.807) is 0 Å². The highest BCUT2D eigenvalue weighted by atomic mass is 35.5. The van der Waals surface area contributed by atoms with Crippen LogP contribution >= 0.6 is 24.8 Å². The number of hydrogen-bond donors (Lipinski definition) is 1. The second kappa shape index (κ2) is 14.5. The minimum Gasteiger partial charge on any atom is -0.491 e. The Morgan fingerprint density at radius 2 is 1.52 bits per heavy atom. The Labute approximate surface area is 199 Å². The number of hydrogen-bond acceptors (Lipinski definition) is 5. The molecule has 1 atom stereocenters. The lowest BCUT2D eigenvalue weighted by atomic mass is 10.0. The van der Waals surface area contributed by atoms with Crippen molar-refractivity contribution in [3.05, 3.63) is 60.2 Å². The molecule has 1 fully saturated rings. The van der Waals surface area contributed by atoms with Gasteiger partial charge in [-0.3, -0.25) is 4.90 Å². The predicted octanol–water partition coefficient (Wildman–Crippen LogP) is 4.23. The first-order valence-electron chi connectivity index (χ1n) is 10.6. The molecule has 1 aliphatic rings. The number of benzene rings is 2. The van der Waals surface area contributed by atoms with E-state index in [1.165, 1.54) is 11.3 Å². The van der Waals surface area contributed by atoms with Gasteiger partial charge < -0.3 is 19.5 Å². The summed E-state index contributed by atoms with van der Waals surface area (Å²) >= 11 is 0. The number of β-amino-alcohol motifs (C(OH)–C–C–N with tert-alkyl or cyclic N) is 1. The van der Waals surface area contributed by atoms with Gasteiger partial charge in [0.25, 0.3) is 0 Å². The molecule has 1 saturated heterocycles. The first kappa shape index (κ1) is 27.5. The van der Waals surface area contributed by atoms with Gasteiger partial charge in [0.1, 0.15) is 12.4 Å². The van der Waals surface area contributed by atoms with Crippen LogP contribution in [0.25, 0.3) is 0 Å². The van der Waals surface area contributed by atoms with E-state index in [9.17, 15) is 5.11 Å². The van der Waals surface area contributed by atoms with Gasteiger partial charge in [-0.2, -0.15) is 0 Å². The lowest BCUT2D eigenvalue weighted by Crippen LogP contribution is -2.49. The number of nitrogens with zero attached hydrogens (tertiary/aromatic N) is 2. The number of ether oxygens (including phenoxy) is 2. The maximum Gasteiger partial charge on any atom is 0.122 e. The molecule has 0 radical (unpaired) electrons. The number of halogens is 2. The van der Waals surface area contributed by atoms with Gasteiger partial charge in [-0.05, 0) is 29.7 Å². The van der Waals surface area contributed by atoms with E-state index in [1.807, 2.05) is 24.3 Å². The van der Waals surface area contributed by atoms with Gasteiger partial charge in [0, 0.05) is 38.4 Å². The van der Waals surface area contributed by atoms with Crippen LogP contribution in [0.3, 0.4) is 0 Å². The van der Waals surface area contributed by atoms with Crippen LogP contribution in [0.5, 0.6) is 5.75 Å². The number of para-hydroxylation sites is 2. The summed E-state index contributed by atoms with van der Waals surface area (Å²) in [7, 11) is 0. The van der Waals surface area contributed by atoms with Gasteiger partial charge in [0.2, 0.25) is 0 Å². The summed E-state index contributed by atoms with van der Waals surface area (Å²) in [5.41, 5.74) is 2.48. The molecule has 1 aliphatic heterocycles. The molecule has 0 aromatic heterocycles. The van der Waals surface area contributed by atoms with E-state index in [2.05, 4.69) is 54.0 Å². The molecular weight excluding hydrogens is 435 g/mol. The first-order valence-corrected chi connectivity index (χ1v) is 10.6. The van der Waals surface area contributed by atoms with E-state index in [4.69, 9.17) is 9.47 Å². The minimum atomic E-state index is -0.471. The van der Waals surface area contributed by atoms with Crippen molar-refractivity contribution in [3.63, 3.8) is 0 Å². The van der Waals surface area contributed by atoms with Crippen molar-refractivity contribution in [1.82, 2.24) is 4.90 Å². The van der Waals surface area contributed by atoms with Gasteiger partial charge in [-0.15, -0.1) is 24.8 Å². The Kier molecular flexibility index (Phi) is 12.9. The van der Waals surface area contributed by atoms with E-state index in [0.717, 1.165) is 31.9 Å². The Morgan fingerprint density at radius 3 is 2.19 bits per heavy atom. The molecule has 0 saturated carbocycles. The maximum absolute atomic E-state index is 10.3. The SMILES string of the molecule is CC(C)c1ccccc1OCCOCC(O)CN1CCN(c2ccccc2)CC1.Cl.Cl. The number of aliphatic hydroxyl groups excluding tert-OH is 1. The molecule has 1 heterocycles. The average molecular weight is 471 g/mol. The fourth-order valence-electron chi connectivity index (χ4n) is 3.70. The smallest absolute Gasteiger partial charge is 0.122 e. The third kappa shape index (κ3) is 8.87. The summed E-state index contributed by atoms with van der Waals surface area (Å²) in [5.74, 6) is 1.35. The normalized spacial score (nSPS) is 15.2. The molecule has 0 aliphatic carbocycles. The van der Waals surface area contributed by atoms with Crippen LogP contribution in [0, 0.1) is 0 Å². The molecule has 0 amide bonds. The molecule has 2 aromatic carbocycles. The molecule has 5 nitrogen and oxygen atoms in total. The summed E-state index contributed by atoms with van der Waals surface area (Å²) in [5, 5.41) is 10.3. The average Bonchev–Trinajstić information content (AvgIpc) is 2.75. The Balaban J connectivity index is 0.00000240. The monoisotopic (exact) mass is 470 g/mol. The third-order valence-corrected chi connectivity index (χ3v) is 5.30. The van der Waals surface area contributed by atoms with Crippen molar-refractivity contribution in [2.75, 3.05) is 57.4 Å². The molecule has 1 unspecified atom stereocenters. The highest BCUT2D eigenvalue weighted by molar-refractivity contribution is 5.85. The number of rotatable bonds is 10. The van der Waals surface area contributed by atoms with Crippen molar-refractivity contribution in [2.24, 2.45) is 0 Å². The van der Waals surface area contributed by atoms with Crippen molar-refractivity contribution in [1.29, 1.82) is 0 Å². The van der Waals surface area contributed by atoms with Crippen LogP contribution in [0.4, 0.5) is 5.69 Å². The zero-order valence-corrected chi connectivity index (χ0v) is 20.1. The van der Waals surface area contributed by atoms with Crippen LogP contribution in [-0.2, 0) is 4.74 Å². The fourth-order valence-corrected chi connectivity index (χ4v) is 3.70. The Morgan fingerprint density at radius 1 is 0.871 bits per heavy atom. The van der Waals surface area contributed by atoms with Crippen molar-refractivity contribution >= 4 is 30.5 Å². The highest BCUT2D eigenvalue weighted by Crippen LogP contribution is 2.25. The highest BCUT2D eigenvalue weighted by Gasteiger charge is 2.19. The summed E-state index contributed by atoms with van der Waals surface area (Å²) in [6.07, 6.45) is -0.471. The molecule has 31 heavy (non-hydrogen) atoms. The summed E-state index contributed by atoms with van der Waals surface area (Å²) < 4.78 is 11.5. The van der Waals surface area contributed by atoms with Crippen LogP contribution in [0.1, 0.15) is 25.3 Å². The van der Waals surface area contributed by atoms with Crippen LogP contribution in [0.15, 0.2) is 54.6 Å². The molecule has 2 aromatic rings. The predicted molar refractivity (Wildman–Crippen MR) is 132 cm³/mol. The Bertz CT molecular complexity index is 726. The van der Waals surface area contributed by atoms with E-state index in [0.29, 0.717) is 32.3 Å². The molecular formula is C24H36Cl2N2O3. The molecule has 7 heteroatoms. The molecule has 1 N–H and O–H groups in total. The summed E-state index contributed by atoms with van der Waals surface area (Å²) in [4.78, 5) is 4.70. The number of aliphatic hydroxyl groups is 1. The standard InChI is InChI=1S/C24H34N2O3.2ClH/c1-20(2)23-10-6-7-11-24(23)29-17-16-28-19-22(27)18-25-12-14-26(15-13-25)21-8-4-3-5-9-21;;/h3-11,20,22,27H,12-19H2,1-2H3;2*1H. The fraction of sp³-hybridized carbons (Fsp3) is 0.500. The van der Waals surface area contributed by atoms with Gasteiger partial charge in [-0.1, -0.05) is 50.2 Å². The minimum absolute atomic E-state index is 0. The number of piperazine rings is 1. The molecule has 0 bridgehead atoms. The second-order valence-electron chi connectivity index (χ2n) is 7.89. The van der Waals surface area contributed by atoms with Crippen molar-refractivity contribution in [3.8, 4) is 5.75 Å². The van der Waals surface area contributed by atoms with E-state index < -0.39 is 6.10 Å². The summed E-state index contributed by atoms with van der Waals surface area (Å²) in [6, 6.07) is 18.6. The lowest BCUT2D eigenvalue weighted by Gasteiger charge is -2.36. The quantitative estimate of drug-likeness (QED) is 0.526. The van der Waals surface area contributed by atoms with Gasteiger partial charge in [0.05, 0.1) is 19.3 Å².